The van der Waals surface area contributed by atoms with Crippen LogP contribution in [0.4, 0.5) is 11.4 Å². The van der Waals surface area contributed by atoms with Crippen molar-refractivity contribution in [1.82, 2.24) is 0 Å². The Balaban J connectivity index is 1.31. The third-order valence-electron chi connectivity index (χ3n) is 6.35. The molecule has 2 heterocycles. The zero-order valence-corrected chi connectivity index (χ0v) is 18.8. The molecule has 2 aliphatic rings. The summed E-state index contributed by atoms with van der Waals surface area (Å²) >= 11 is 0. The molecule has 0 bridgehead atoms. The van der Waals surface area contributed by atoms with Gasteiger partial charge in [-0.3, -0.25) is 19.2 Å². The van der Waals surface area contributed by atoms with E-state index in [1.165, 1.54) is 6.07 Å². The van der Waals surface area contributed by atoms with Crippen molar-refractivity contribution in [2.75, 3.05) is 16.3 Å². The summed E-state index contributed by atoms with van der Waals surface area (Å²) in [5, 5.41) is 0. The number of rotatable bonds is 4. The number of hydrogen-bond donors (Lipinski definition) is 0. The molecule has 1 atom stereocenters. The molecule has 0 unspecified atom stereocenters. The van der Waals surface area contributed by atoms with E-state index in [9.17, 15) is 19.2 Å². The van der Waals surface area contributed by atoms with Crippen LogP contribution in [0.1, 0.15) is 38.3 Å². The van der Waals surface area contributed by atoms with Crippen LogP contribution < -0.4 is 14.5 Å². The lowest BCUT2D eigenvalue weighted by atomic mass is 10.1. The van der Waals surface area contributed by atoms with E-state index in [2.05, 4.69) is 0 Å². The van der Waals surface area contributed by atoms with E-state index in [-0.39, 0.29) is 24.6 Å². The quantitative estimate of drug-likeness (QED) is 0.337. The van der Waals surface area contributed by atoms with Gasteiger partial charge in [0.2, 0.25) is 5.91 Å². The Labute approximate surface area is 196 Å². The normalized spacial score (nSPS) is 17.4. The first kappa shape index (κ1) is 21.6. The summed E-state index contributed by atoms with van der Waals surface area (Å²) in [7, 11) is 0. The van der Waals surface area contributed by atoms with Crippen molar-refractivity contribution < 1.29 is 23.9 Å². The smallest absolute Gasteiger partial charge is 0.316 e. The van der Waals surface area contributed by atoms with E-state index in [0.717, 1.165) is 21.7 Å². The third-order valence-corrected chi connectivity index (χ3v) is 6.35. The molecule has 0 N–H and O–H groups in total. The molecule has 0 aliphatic carbocycles. The molecule has 34 heavy (non-hydrogen) atoms. The Hall–Kier alpha value is -4.26. The van der Waals surface area contributed by atoms with Gasteiger partial charge in [-0.15, -0.1) is 0 Å². The summed E-state index contributed by atoms with van der Waals surface area (Å²) in [6.07, 6.45) is 0.0594. The highest BCUT2D eigenvalue weighted by Gasteiger charge is 2.38. The molecule has 170 valence electrons. The van der Waals surface area contributed by atoms with Crippen LogP contribution in [0.2, 0.25) is 0 Å². The number of carbonyl (C=O) groups excluding carboxylic acids is 4. The topological polar surface area (TPSA) is 84.0 Å². The van der Waals surface area contributed by atoms with Crippen molar-refractivity contribution in [2.45, 2.75) is 20.3 Å². The average Bonchev–Trinajstić information content (AvgIpc) is 3.34. The van der Waals surface area contributed by atoms with Gasteiger partial charge in [0.25, 0.3) is 11.8 Å². The van der Waals surface area contributed by atoms with Crippen LogP contribution in [0.3, 0.4) is 0 Å². The number of esters is 1. The first-order valence-corrected chi connectivity index (χ1v) is 11.0. The summed E-state index contributed by atoms with van der Waals surface area (Å²) in [4.78, 5) is 53.6. The number of carbonyl (C=O) groups is 4. The number of hydrogen-bond acceptors (Lipinski definition) is 5. The predicted molar refractivity (Wildman–Crippen MR) is 126 cm³/mol. The fourth-order valence-corrected chi connectivity index (χ4v) is 4.32. The van der Waals surface area contributed by atoms with E-state index >= 15 is 0 Å². The molecule has 1 fully saturated rings. The largest absolute Gasteiger partial charge is 0.426 e. The molecular weight excluding hydrogens is 432 g/mol. The second kappa shape index (κ2) is 8.26. The second-order valence-electron chi connectivity index (χ2n) is 8.58. The number of anilines is 2. The van der Waals surface area contributed by atoms with Gasteiger partial charge >= 0.3 is 5.97 Å². The zero-order valence-electron chi connectivity index (χ0n) is 18.8. The van der Waals surface area contributed by atoms with Crippen LogP contribution in [0.15, 0.2) is 66.7 Å². The van der Waals surface area contributed by atoms with Crippen molar-refractivity contribution in [3.63, 3.8) is 0 Å². The summed E-state index contributed by atoms with van der Waals surface area (Å²) in [6, 6.07) is 18.7. The molecule has 7 nitrogen and oxygen atoms in total. The minimum absolute atomic E-state index is 0.0594. The first-order chi connectivity index (χ1) is 16.3. The minimum Gasteiger partial charge on any atom is -0.426 e. The lowest BCUT2D eigenvalue weighted by molar-refractivity contribution is -0.139. The van der Waals surface area contributed by atoms with E-state index in [4.69, 9.17) is 4.74 Å². The molecular formula is C27H22N2O5. The van der Waals surface area contributed by atoms with Gasteiger partial charge in [0.15, 0.2) is 0 Å². The van der Waals surface area contributed by atoms with Crippen molar-refractivity contribution in [1.29, 1.82) is 0 Å². The highest BCUT2D eigenvalue weighted by molar-refractivity contribution is 6.34. The summed E-state index contributed by atoms with van der Waals surface area (Å²) in [5.41, 5.74) is 3.95. The van der Waals surface area contributed by atoms with Gasteiger partial charge in [0, 0.05) is 24.7 Å². The molecule has 3 aromatic rings. The number of ether oxygens (including phenoxy) is 1. The Bertz CT molecular complexity index is 1330. The maximum absolute atomic E-state index is 12.8. The van der Waals surface area contributed by atoms with Gasteiger partial charge in [-0.1, -0.05) is 24.3 Å². The number of amides is 3. The Morgan fingerprint density at radius 2 is 1.53 bits per heavy atom. The van der Waals surface area contributed by atoms with Gasteiger partial charge in [-0.05, 0) is 61.4 Å². The van der Waals surface area contributed by atoms with Crippen LogP contribution in [-0.4, -0.2) is 30.2 Å². The van der Waals surface area contributed by atoms with Gasteiger partial charge < -0.3 is 9.64 Å². The Kier molecular flexibility index (Phi) is 5.24. The standard InChI is InChI=1S/C27H22N2O5/c1-16-10-11-19(12-17(16)2)28-15-18(13-24(28)30)27(33)34-21-7-5-6-20(14-21)29-25(31)22-8-3-4-9-23(22)26(29)32/h3-12,14,18H,13,15H2,1-2H3/t18-/m0/s1. The predicted octanol–water partition coefficient (Wildman–Crippen LogP) is 4.06. The van der Waals surface area contributed by atoms with Crippen LogP contribution in [0.25, 0.3) is 0 Å². The van der Waals surface area contributed by atoms with E-state index in [1.54, 1.807) is 47.4 Å². The Morgan fingerprint density at radius 3 is 2.21 bits per heavy atom. The SMILES string of the molecule is Cc1ccc(N2C[C@@H](C(=O)Oc3cccc(N4C(=O)c5ccccc5C4=O)c3)CC2=O)cc1C. The van der Waals surface area contributed by atoms with Gasteiger partial charge in [-0.2, -0.15) is 0 Å². The Morgan fingerprint density at radius 1 is 0.824 bits per heavy atom. The monoisotopic (exact) mass is 454 g/mol. The second-order valence-corrected chi connectivity index (χ2v) is 8.58. The molecule has 0 radical (unpaired) electrons. The average molecular weight is 454 g/mol. The highest BCUT2D eigenvalue weighted by Crippen LogP contribution is 2.32. The van der Waals surface area contributed by atoms with Crippen LogP contribution in [-0.2, 0) is 9.59 Å². The van der Waals surface area contributed by atoms with E-state index < -0.39 is 23.7 Å². The molecule has 0 saturated carbocycles. The highest BCUT2D eigenvalue weighted by atomic mass is 16.5. The lowest BCUT2D eigenvalue weighted by Gasteiger charge is -2.18. The molecule has 0 aromatic heterocycles. The molecule has 2 aliphatic heterocycles. The van der Waals surface area contributed by atoms with Gasteiger partial charge in [-0.25, -0.2) is 4.90 Å². The van der Waals surface area contributed by atoms with Crippen molar-refractivity contribution in [2.24, 2.45) is 5.92 Å². The maximum atomic E-state index is 12.8. The number of aryl methyl sites for hydroxylation is 2. The van der Waals surface area contributed by atoms with Crippen molar-refractivity contribution >= 4 is 35.1 Å². The summed E-state index contributed by atoms with van der Waals surface area (Å²) < 4.78 is 5.55. The molecule has 3 amide bonds. The minimum atomic E-state index is -0.614. The fraction of sp³-hybridized carbons (Fsp3) is 0.185. The van der Waals surface area contributed by atoms with Gasteiger partial charge in [0.05, 0.1) is 22.7 Å². The molecule has 0 spiro atoms. The number of fused-ring (bicyclic) bond motifs is 1. The first-order valence-electron chi connectivity index (χ1n) is 11.0. The number of nitrogens with zero attached hydrogens (tertiary/aromatic N) is 2. The number of benzene rings is 3. The summed E-state index contributed by atoms with van der Waals surface area (Å²) in [6.45, 7) is 4.21. The molecule has 5 rings (SSSR count). The number of imide groups is 1. The van der Waals surface area contributed by atoms with Crippen LogP contribution in [0, 0.1) is 19.8 Å². The van der Waals surface area contributed by atoms with Crippen LogP contribution >= 0.6 is 0 Å². The lowest BCUT2D eigenvalue weighted by Crippen LogP contribution is -2.29. The molecule has 7 heteroatoms. The van der Waals surface area contributed by atoms with Gasteiger partial charge in [0.1, 0.15) is 5.75 Å². The van der Waals surface area contributed by atoms with Crippen molar-refractivity contribution in [3.8, 4) is 5.75 Å². The summed E-state index contributed by atoms with van der Waals surface area (Å²) in [5.74, 6) is -1.92. The van der Waals surface area contributed by atoms with Crippen molar-refractivity contribution in [3.05, 3.63) is 89.0 Å². The zero-order chi connectivity index (χ0) is 24.0. The fourth-order valence-electron chi connectivity index (χ4n) is 4.32. The molecule has 3 aromatic carbocycles. The van der Waals surface area contributed by atoms with Crippen LogP contribution in [0.5, 0.6) is 5.75 Å². The molecule has 1 saturated heterocycles. The van der Waals surface area contributed by atoms with E-state index in [1.807, 2.05) is 32.0 Å². The maximum Gasteiger partial charge on any atom is 0.316 e. The third kappa shape index (κ3) is 3.65. The van der Waals surface area contributed by atoms with E-state index in [0.29, 0.717) is 16.8 Å².